The highest BCUT2D eigenvalue weighted by atomic mass is 16.5. The fraction of sp³-hybridized carbons (Fsp3) is 0.238. The van der Waals surface area contributed by atoms with E-state index in [1.165, 1.54) is 6.92 Å². The van der Waals surface area contributed by atoms with Crippen molar-refractivity contribution in [2.45, 2.75) is 26.3 Å². The Labute approximate surface area is 163 Å². The SMILES string of the molecule is CC(=O)c1ccccc1NC(=O)COC(=O)CC(C)NC(=O)c1ccccc1. The van der Waals surface area contributed by atoms with E-state index in [1.807, 2.05) is 0 Å². The van der Waals surface area contributed by atoms with Gasteiger partial charge in [-0.2, -0.15) is 0 Å². The number of anilines is 1. The standard InChI is InChI=1S/C21H22N2O5/c1-14(22-21(27)16-8-4-3-5-9-16)12-20(26)28-13-19(25)23-18-11-7-6-10-17(18)15(2)24/h3-11,14H,12-13H2,1-2H3,(H,22,27)(H,23,25). The molecule has 28 heavy (non-hydrogen) atoms. The summed E-state index contributed by atoms with van der Waals surface area (Å²) >= 11 is 0. The number of ether oxygens (including phenoxy) is 1. The molecular formula is C21H22N2O5. The third-order valence-electron chi connectivity index (χ3n) is 3.83. The molecule has 2 rings (SSSR count). The molecule has 0 saturated heterocycles. The number of amides is 2. The molecule has 0 aromatic heterocycles. The van der Waals surface area contributed by atoms with Crippen LogP contribution in [0.5, 0.6) is 0 Å². The van der Waals surface area contributed by atoms with Crippen LogP contribution >= 0.6 is 0 Å². The quantitative estimate of drug-likeness (QED) is 0.540. The van der Waals surface area contributed by atoms with Crippen LogP contribution in [0.1, 0.15) is 41.0 Å². The smallest absolute Gasteiger partial charge is 0.308 e. The van der Waals surface area contributed by atoms with Crippen molar-refractivity contribution in [1.82, 2.24) is 5.32 Å². The molecule has 146 valence electrons. The zero-order chi connectivity index (χ0) is 20.5. The van der Waals surface area contributed by atoms with Gasteiger partial charge in [0.15, 0.2) is 12.4 Å². The van der Waals surface area contributed by atoms with Crippen molar-refractivity contribution >= 4 is 29.3 Å². The number of carbonyl (C=O) groups is 4. The summed E-state index contributed by atoms with van der Waals surface area (Å²) in [6, 6.07) is 14.8. The number of ketones is 1. The van der Waals surface area contributed by atoms with Crippen LogP contribution in [0.15, 0.2) is 54.6 Å². The summed E-state index contributed by atoms with van der Waals surface area (Å²) in [5.41, 5.74) is 1.23. The second kappa shape index (κ2) is 10.0. The number of benzene rings is 2. The average molecular weight is 382 g/mol. The van der Waals surface area contributed by atoms with Gasteiger partial charge in [0.25, 0.3) is 11.8 Å². The number of nitrogens with one attached hydrogen (secondary N) is 2. The largest absolute Gasteiger partial charge is 0.455 e. The number of hydrogen-bond acceptors (Lipinski definition) is 5. The third kappa shape index (κ3) is 6.35. The van der Waals surface area contributed by atoms with Gasteiger partial charge in [-0.1, -0.05) is 30.3 Å². The number of esters is 1. The van der Waals surface area contributed by atoms with E-state index in [1.54, 1.807) is 61.5 Å². The first-order valence-electron chi connectivity index (χ1n) is 8.78. The summed E-state index contributed by atoms with van der Waals surface area (Å²) in [6.45, 7) is 2.59. The second-order valence-electron chi connectivity index (χ2n) is 6.26. The summed E-state index contributed by atoms with van der Waals surface area (Å²) in [6.07, 6.45) is -0.0735. The van der Waals surface area contributed by atoms with Gasteiger partial charge < -0.3 is 15.4 Å². The Morgan fingerprint density at radius 3 is 2.29 bits per heavy atom. The van der Waals surface area contributed by atoms with Crippen LogP contribution in [0.25, 0.3) is 0 Å². The topological polar surface area (TPSA) is 102 Å². The van der Waals surface area contributed by atoms with E-state index in [0.29, 0.717) is 16.8 Å². The minimum absolute atomic E-state index is 0.0735. The maximum atomic E-state index is 12.0. The summed E-state index contributed by atoms with van der Waals surface area (Å²) in [4.78, 5) is 47.5. The van der Waals surface area contributed by atoms with Crippen LogP contribution in [0.3, 0.4) is 0 Å². The highest BCUT2D eigenvalue weighted by molar-refractivity contribution is 6.04. The molecule has 0 spiro atoms. The van der Waals surface area contributed by atoms with Gasteiger partial charge in [-0.05, 0) is 38.1 Å². The molecule has 2 aromatic rings. The Balaban J connectivity index is 1.78. The molecule has 0 radical (unpaired) electrons. The molecule has 1 unspecified atom stereocenters. The maximum absolute atomic E-state index is 12.0. The average Bonchev–Trinajstić information content (AvgIpc) is 2.67. The minimum Gasteiger partial charge on any atom is -0.455 e. The second-order valence-corrected chi connectivity index (χ2v) is 6.26. The van der Waals surface area contributed by atoms with Crippen LogP contribution in [0, 0.1) is 0 Å². The summed E-state index contributed by atoms with van der Waals surface area (Å²) in [7, 11) is 0. The van der Waals surface area contributed by atoms with Crippen molar-refractivity contribution in [2.75, 3.05) is 11.9 Å². The van der Waals surface area contributed by atoms with E-state index in [9.17, 15) is 19.2 Å². The van der Waals surface area contributed by atoms with Gasteiger partial charge >= 0.3 is 5.97 Å². The van der Waals surface area contributed by atoms with E-state index in [4.69, 9.17) is 4.74 Å². The Morgan fingerprint density at radius 1 is 0.964 bits per heavy atom. The Bertz CT molecular complexity index is 864. The van der Waals surface area contributed by atoms with Gasteiger partial charge in [-0.25, -0.2) is 0 Å². The summed E-state index contributed by atoms with van der Waals surface area (Å²) < 4.78 is 4.95. The van der Waals surface area contributed by atoms with E-state index < -0.39 is 24.5 Å². The highest BCUT2D eigenvalue weighted by Gasteiger charge is 2.16. The molecule has 0 aliphatic heterocycles. The molecule has 0 heterocycles. The Hall–Kier alpha value is -3.48. The van der Waals surface area contributed by atoms with Crippen LogP contribution in [0.4, 0.5) is 5.69 Å². The Kier molecular flexibility index (Phi) is 7.45. The Morgan fingerprint density at radius 2 is 1.61 bits per heavy atom. The lowest BCUT2D eigenvalue weighted by Gasteiger charge is -2.14. The first-order chi connectivity index (χ1) is 13.4. The molecule has 0 saturated carbocycles. The van der Waals surface area contributed by atoms with Gasteiger partial charge in [0.2, 0.25) is 0 Å². The molecule has 1 atom stereocenters. The van der Waals surface area contributed by atoms with Crippen LogP contribution < -0.4 is 10.6 Å². The normalized spacial score (nSPS) is 11.2. The molecule has 2 N–H and O–H groups in total. The van der Waals surface area contributed by atoms with Crippen molar-refractivity contribution in [2.24, 2.45) is 0 Å². The van der Waals surface area contributed by atoms with E-state index in [0.717, 1.165) is 0 Å². The molecule has 7 heteroatoms. The zero-order valence-electron chi connectivity index (χ0n) is 15.7. The highest BCUT2D eigenvalue weighted by Crippen LogP contribution is 2.15. The van der Waals surface area contributed by atoms with E-state index in [2.05, 4.69) is 10.6 Å². The lowest BCUT2D eigenvalue weighted by atomic mass is 10.1. The summed E-state index contributed by atoms with van der Waals surface area (Å²) in [5.74, 6) is -1.64. The van der Waals surface area contributed by atoms with Crippen molar-refractivity contribution in [3.8, 4) is 0 Å². The molecule has 2 amide bonds. The molecule has 0 aliphatic carbocycles. The number of hydrogen-bond donors (Lipinski definition) is 2. The first kappa shape index (κ1) is 20.8. The van der Waals surface area contributed by atoms with Gasteiger partial charge in [-0.15, -0.1) is 0 Å². The molecule has 0 fully saturated rings. The molecular weight excluding hydrogens is 360 g/mol. The van der Waals surface area contributed by atoms with Gasteiger partial charge in [0.05, 0.1) is 12.1 Å². The third-order valence-corrected chi connectivity index (χ3v) is 3.83. The van der Waals surface area contributed by atoms with Crippen molar-refractivity contribution in [3.63, 3.8) is 0 Å². The first-order valence-corrected chi connectivity index (χ1v) is 8.78. The van der Waals surface area contributed by atoms with Crippen molar-refractivity contribution in [3.05, 3.63) is 65.7 Å². The lowest BCUT2D eigenvalue weighted by Crippen LogP contribution is -2.35. The fourth-order valence-corrected chi connectivity index (χ4v) is 2.49. The molecule has 7 nitrogen and oxygen atoms in total. The predicted octanol–water partition coefficient (Wildman–Crippen LogP) is 2.58. The van der Waals surface area contributed by atoms with Crippen LogP contribution in [-0.2, 0) is 14.3 Å². The number of carbonyl (C=O) groups excluding carboxylic acids is 4. The number of Topliss-reactive ketones (excluding diaryl/α,β-unsaturated/α-hetero) is 1. The van der Waals surface area contributed by atoms with Gasteiger partial charge in [0, 0.05) is 17.2 Å². The van der Waals surface area contributed by atoms with Gasteiger partial charge in [-0.3, -0.25) is 19.2 Å². The van der Waals surface area contributed by atoms with Crippen LogP contribution in [0.2, 0.25) is 0 Å². The maximum Gasteiger partial charge on any atom is 0.308 e. The van der Waals surface area contributed by atoms with Crippen molar-refractivity contribution in [1.29, 1.82) is 0 Å². The molecule has 0 bridgehead atoms. The zero-order valence-corrected chi connectivity index (χ0v) is 15.7. The fourth-order valence-electron chi connectivity index (χ4n) is 2.49. The lowest BCUT2D eigenvalue weighted by molar-refractivity contribution is -0.147. The summed E-state index contributed by atoms with van der Waals surface area (Å²) in [5, 5.41) is 5.24. The van der Waals surface area contributed by atoms with Gasteiger partial charge in [0.1, 0.15) is 0 Å². The number of rotatable bonds is 8. The monoisotopic (exact) mass is 382 g/mol. The van der Waals surface area contributed by atoms with E-state index in [-0.39, 0.29) is 18.1 Å². The van der Waals surface area contributed by atoms with Crippen LogP contribution in [-0.4, -0.2) is 36.2 Å². The van der Waals surface area contributed by atoms with E-state index >= 15 is 0 Å². The molecule has 0 aliphatic rings. The predicted molar refractivity (Wildman–Crippen MR) is 104 cm³/mol. The minimum atomic E-state index is -0.615. The molecule has 2 aromatic carbocycles. The van der Waals surface area contributed by atoms with Crippen molar-refractivity contribution < 1.29 is 23.9 Å². The number of para-hydroxylation sites is 1.